The number of furan rings is 1. The summed E-state index contributed by atoms with van der Waals surface area (Å²) < 4.78 is 10.6. The average molecular weight is 183 g/mol. The van der Waals surface area contributed by atoms with Gasteiger partial charge in [0, 0.05) is 12.2 Å². The fraction of sp³-hybridized carbons (Fsp3) is 0.600. The van der Waals surface area contributed by atoms with Crippen LogP contribution >= 0.6 is 0 Å². The predicted molar refractivity (Wildman–Crippen MR) is 51.7 cm³/mol. The lowest BCUT2D eigenvalue weighted by atomic mass is 10.1. The second-order valence-corrected chi connectivity index (χ2v) is 2.99. The molecule has 0 bridgehead atoms. The van der Waals surface area contributed by atoms with Gasteiger partial charge >= 0.3 is 0 Å². The van der Waals surface area contributed by atoms with E-state index in [0.717, 1.165) is 17.9 Å². The van der Waals surface area contributed by atoms with Crippen LogP contribution in [0, 0.1) is 6.92 Å². The molecule has 1 atom stereocenters. The summed E-state index contributed by atoms with van der Waals surface area (Å²) >= 11 is 0. The lowest BCUT2D eigenvalue weighted by Gasteiger charge is -2.13. The molecular weight excluding hydrogens is 166 g/mol. The molecule has 0 radical (unpaired) electrons. The van der Waals surface area contributed by atoms with E-state index in [1.807, 2.05) is 27.0 Å². The van der Waals surface area contributed by atoms with Crippen LogP contribution in [0.2, 0.25) is 0 Å². The van der Waals surface area contributed by atoms with Crippen molar-refractivity contribution in [3.8, 4) is 0 Å². The Kier molecular flexibility index (Phi) is 3.99. The first-order valence-corrected chi connectivity index (χ1v) is 4.58. The molecule has 0 aliphatic carbocycles. The highest BCUT2D eigenvalue weighted by Gasteiger charge is 2.10. The van der Waals surface area contributed by atoms with E-state index in [2.05, 4.69) is 5.32 Å². The van der Waals surface area contributed by atoms with Crippen molar-refractivity contribution >= 4 is 0 Å². The van der Waals surface area contributed by atoms with E-state index >= 15 is 0 Å². The van der Waals surface area contributed by atoms with Crippen molar-refractivity contribution in [1.29, 1.82) is 0 Å². The normalized spacial score (nSPS) is 13.2. The summed E-state index contributed by atoms with van der Waals surface area (Å²) in [6, 6.07) is 2.26. The van der Waals surface area contributed by atoms with Gasteiger partial charge in [0.2, 0.25) is 0 Å². The van der Waals surface area contributed by atoms with Crippen LogP contribution < -0.4 is 5.32 Å². The van der Waals surface area contributed by atoms with Gasteiger partial charge in [-0.25, -0.2) is 0 Å². The second-order valence-electron chi connectivity index (χ2n) is 2.99. The highest BCUT2D eigenvalue weighted by Crippen LogP contribution is 2.15. The van der Waals surface area contributed by atoms with Gasteiger partial charge in [-0.05, 0) is 27.0 Å². The van der Waals surface area contributed by atoms with Gasteiger partial charge < -0.3 is 14.5 Å². The van der Waals surface area contributed by atoms with Crippen molar-refractivity contribution in [2.45, 2.75) is 19.9 Å². The lowest BCUT2D eigenvalue weighted by Crippen LogP contribution is -2.21. The molecule has 0 spiro atoms. The number of hydrogen-bond donors (Lipinski definition) is 1. The maximum absolute atomic E-state index is 5.35. The van der Waals surface area contributed by atoms with Crippen LogP contribution in [-0.4, -0.2) is 20.3 Å². The first-order chi connectivity index (χ1) is 6.27. The SMILES string of the molecule is CCOCC(NC)c1coc(C)c1. The molecule has 1 unspecified atom stereocenters. The minimum Gasteiger partial charge on any atom is -0.469 e. The summed E-state index contributed by atoms with van der Waals surface area (Å²) in [5.74, 6) is 0.937. The molecule has 1 heterocycles. The number of hydrogen-bond acceptors (Lipinski definition) is 3. The maximum atomic E-state index is 5.35. The molecule has 1 N–H and O–H groups in total. The third-order valence-electron chi connectivity index (χ3n) is 1.99. The zero-order valence-electron chi connectivity index (χ0n) is 8.46. The van der Waals surface area contributed by atoms with Crippen LogP contribution in [0.15, 0.2) is 16.7 Å². The van der Waals surface area contributed by atoms with Gasteiger partial charge in [0.15, 0.2) is 0 Å². The fourth-order valence-electron chi connectivity index (χ4n) is 1.23. The molecule has 0 amide bonds. The van der Waals surface area contributed by atoms with Crippen LogP contribution in [0.5, 0.6) is 0 Å². The first kappa shape index (κ1) is 10.3. The molecule has 0 saturated carbocycles. The summed E-state index contributed by atoms with van der Waals surface area (Å²) in [5.41, 5.74) is 1.15. The Morgan fingerprint density at radius 3 is 2.85 bits per heavy atom. The van der Waals surface area contributed by atoms with Crippen molar-refractivity contribution in [2.24, 2.45) is 0 Å². The molecule has 1 aromatic heterocycles. The molecule has 1 rings (SSSR count). The Morgan fingerprint density at radius 2 is 2.38 bits per heavy atom. The second kappa shape index (κ2) is 5.04. The standard InChI is InChI=1S/C10H17NO2/c1-4-12-7-10(11-3)9-5-8(2)13-6-9/h5-6,10-11H,4,7H2,1-3H3. The number of aryl methyl sites for hydroxylation is 1. The summed E-state index contributed by atoms with van der Waals surface area (Å²) in [6.07, 6.45) is 1.77. The van der Waals surface area contributed by atoms with Crippen LogP contribution in [-0.2, 0) is 4.74 Å². The largest absolute Gasteiger partial charge is 0.469 e. The summed E-state index contributed by atoms with van der Waals surface area (Å²) in [6.45, 7) is 5.37. The van der Waals surface area contributed by atoms with Gasteiger partial charge in [-0.15, -0.1) is 0 Å². The molecule has 13 heavy (non-hydrogen) atoms. The van der Waals surface area contributed by atoms with Crippen molar-refractivity contribution < 1.29 is 9.15 Å². The van der Waals surface area contributed by atoms with Gasteiger partial charge in [0.05, 0.1) is 18.9 Å². The Balaban J connectivity index is 2.56. The van der Waals surface area contributed by atoms with E-state index in [1.165, 1.54) is 0 Å². The molecule has 74 valence electrons. The monoisotopic (exact) mass is 183 g/mol. The summed E-state index contributed by atoms with van der Waals surface area (Å²) in [5, 5.41) is 3.18. The van der Waals surface area contributed by atoms with Crippen molar-refractivity contribution in [3.63, 3.8) is 0 Å². The van der Waals surface area contributed by atoms with E-state index in [-0.39, 0.29) is 6.04 Å². The van der Waals surface area contributed by atoms with Gasteiger partial charge in [-0.1, -0.05) is 0 Å². The molecule has 0 aromatic carbocycles. The van der Waals surface area contributed by atoms with Crippen molar-refractivity contribution in [2.75, 3.05) is 20.3 Å². The van der Waals surface area contributed by atoms with Gasteiger partial charge in [-0.3, -0.25) is 0 Å². The quantitative estimate of drug-likeness (QED) is 0.757. The lowest BCUT2D eigenvalue weighted by molar-refractivity contribution is 0.125. The highest BCUT2D eigenvalue weighted by molar-refractivity contribution is 5.16. The van der Waals surface area contributed by atoms with E-state index in [9.17, 15) is 0 Å². The predicted octanol–water partition coefficient (Wildman–Crippen LogP) is 1.89. The number of likely N-dealkylation sites (N-methyl/N-ethyl adjacent to an activating group) is 1. The van der Waals surface area contributed by atoms with Gasteiger partial charge in [-0.2, -0.15) is 0 Å². The fourth-order valence-corrected chi connectivity index (χ4v) is 1.23. The Labute approximate surface area is 79.1 Å². The third kappa shape index (κ3) is 2.86. The number of rotatable bonds is 5. The average Bonchev–Trinajstić information content (AvgIpc) is 2.54. The minimum atomic E-state index is 0.234. The zero-order chi connectivity index (χ0) is 9.68. The molecule has 0 aliphatic rings. The molecule has 0 fully saturated rings. The molecule has 0 saturated heterocycles. The molecule has 3 heteroatoms. The van der Waals surface area contributed by atoms with Crippen molar-refractivity contribution in [1.82, 2.24) is 5.32 Å². The molecule has 3 nitrogen and oxygen atoms in total. The topological polar surface area (TPSA) is 34.4 Å². The van der Waals surface area contributed by atoms with E-state index < -0.39 is 0 Å². The van der Waals surface area contributed by atoms with E-state index in [1.54, 1.807) is 6.26 Å². The smallest absolute Gasteiger partial charge is 0.101 e. The Hall–Kier alpha value is -0.800. The maximum Gasteiger partial charge on any atom is 0.101 e. The van der Waals surface area contributed by atoms with Crippen LogP contribution in [0.1, 0.15) is 24.3 Å². The van der Waals surface area contributed by atoms with Gasteiger partial charge in [0.1, 0.15) is 5.76 Å². The molecular formula is C10H17NO2. The highest BCUT2D eigenvalue weighted by atomic mass is 16.5. The summed E-state index contributed by atoms with van der Waals surface area (Å²) in [4.78, 5) is 0. The zero-order valence-corrected chi connectivity index (χ0v) is 8.46. The first-order valence-electron chi connectivity index (χ1n) is 4.58. The molecule has 1 aromatic rings. The Morgan fingerprint density at radius 1 is 1.62 bits per heavy atom. The van der Waals surface area contributed by atoms with E-state index in [4.69, 9.17) is 9.15 Å². The van der Waals surface area contributed by atoms with Crippen LogP contribution in [0.4, 0.5) is 0 Å². The third-order valence-corrected chi connectivity index (χ3v) is 1.99. The molecule has 0 aliphatic heterocycles. The minimum absolute atomic E-state index is 0.234. The van der Waals surface area contributed by atoms with Gasteiger partial charge in [0.25, 0.3) is 0 Å². The van der Waals surface area contributed by atoms with Crippen LogP contribution in [0.25, 0.3) is 0 Å². The van der Waals surface area contributed by atoms with E-state index in [0.29, 0.717) is 6.61 Å². The van der Waals surface area contributed by atoms with Crippen LogP contribution in [0.3, 0.4) is 0 Å². The summed E-state index contributed by atoms with van der Waals surface area (Å²) in [7, 11) is 1.92. The number of nitrogens with one attached hydrogen (secondary N) is 1. The van der Waals surface area contributed by atoms with Crippen molar-refractivity contribution in [3.05, 3.63) is 23.7 Å². The Bertz CT molecular complexity index is 245. The number of ether oxygens (including phenoxy) is 1.